The lowest BCUT2D eigenvalue weighted by Crippen LogP contribution is -2.04. The summed E-state index contributed by atoms with van der Waals surface area (Å²) in [6.07, 6.45) is 0. The molecule has 4 nitrogen and oxygen atoms in total. The van der Waals surface area contributed by atoms with Crippen LogP contribution in [-0.4, -0.2) is 10.1 Å². The lowest BCUT2D eigenvalue weighted by atomic mass is 10.1. The lowest BCUT2D eigenvalue weighted by molar-refractivity contribution is 0.464. The predicted molar refractivity (Wildman–Crippen MR) is 73.9 cm³/mol. The van der Waals surface area contributed by atoms with Gasteiger partial charge < -0.3 is 10.4 Å². The quantitative estimate of drug-likeness (QED) is 0.882. The van der Waals surface area contributed by atoms with E-state index in [9.17, 15) is 5.11 Å². The van der Waals surface area contributed by atoms with E-state index in [1.54, 1.807) is 24.3 Å². The molecule has 0 atom stereocenters. The van der Waals surface area contributed by atoms with Crippen LogP contribution in [0.5, 0.6) is 5.75 Å². The number of aryl methyl sites for hydroxylation is 2. The van der Waals surface area contributed by atoms with Crippen molar-refractivity contribution in [3.63, 3.8) is 0 Å². The van der Waals surface area contributed by atoms with Crippen molar-refractivity contribution in [2.24, 2.45) is 0 Å². The van der Waals surface area contributed by atoms with Gasteiger partial charge in [0.2, 0.25) is 0 Å². The molecule has 0 saturated carbocycles. The predicted octanol–water partition coefficient (Wildman–Crippen LogP) is 2.89. The van der Waals surface area contributed by atoms with E-state index in [1.807, 2.05) is 19.9 Å². The summed E-state index contributed by atoms with van der Waals surface area (Å²) < 4.78 is 0. The van der Waals surface area contributed by atoms with Crippen LogP contribution in [0.25, 0.3) is 0 Å². The Morgan fingerprint density at radius 1 is 1.26 bits per heavy atom. The maximum absolute atomic E-state index is 9.73. The summed E-state index contributed by atoms with van der Waals surface area (Å²) in [5.41, 5.74) is 3.99. The van der Waals surface area contributed by atoms with E-state index in [2.05, 4.69) is 16.4 Å². The van der Waals surface area contributed by atoms with Crippen LogP contribution in [0.3, 0.4) is 0 Å². The molecule has 2 aromatic rings. The van der Waals surface area contributed by atoms with Gasteiger partial charge in [-0.3, -0.25) is 4.98 Å². The van der Waals surface area contributed by atoms with Crippen molar-refractivity contribution in [2.45, 2.75) is 20.4 Å². The van der Waals surface area contributed by atoms with Gasteiger partial charge in [0, 0.05) is 11.4 Å². The highest BCUT2D eigenvalue weighted by molar-refractivity contribution is 5.55. The summed E-state index contributed by atoms with van der Waals surface area (Å²) in [5.74, 6) is 0.173. The van der Waals surface area contributed by atoms with Crippen LogP contribution in [0.2, 0.25) is 0 Å². The largest absolute Gasteiger partial charge is 0.506 e. The van der Waals surface area contributed by atoms with Crippen LogP contribution < -0.4 is 5.32 Å². The number of nitrogens with zero attached hydrogens (tertiary/aromatic N) is 2. The molecule has 4 heteroatoms. The minimum absolute atomic E-state index is 0.173. The minimum Gasteiger partial charge on any atom is -0.506 e. The fourth-order valence-electron chi connectivity index (χ4n) is 1.79. The molecule has 0 aliphatic rings. The maximum Gasteiger partial charge on any atom is 0.138 e. The molecule has 1 aromatic carbocycles. The molecule has 2 rings (SSSR count). The fraction of sp³-hybridized carbons (Fsp3) is 0.200. The van der Waals surface area contributed by atoms with Gasteiger partial charge in [-0.1, -0.05) is 6.07 Å². The van der Waals surface area contributed by atoms with Gasteiger partial charge in [0.15, 0.2) is 0 Å². The molecule has 0 amide bonds. The number of aromatic nitrogens is 1. The van der Waals surface area contributed by atoms with E-state index in [1.165, 1.54) is 0 Å². The van der Waals surface area contributed by atoms with Crippen LogP contribution in [0, 0.1) is 25.2 Å². The Morgan fingerprint density at radius 3 is 2.79 bits per heavy atom. The van der Waals surface area contributed by atoms with Gasteiger partial charge in [0.1, 0.15) is 11.4 Å². The molecule has 2 N–H and O–H groups in total. The molecule has 0 saturated heterocycles. The van der Waals surface area contributed by atoms with Crippen LogP contribution in [-0.2, 0) is 6.54 Å². The number of pyridine rings is 1. The fourth-order valence-corrected chi connectivity index (χ4v) is 1.79. The minimum atomic E-state index is 0.173. The highest BCUT2D eigenvalue weighted by atomic mass is 16.3. The van der Waals surface area contributed by atoms with E-state index in [0.29, 0.717) is 17.8 Å². The highest BCUT2D eigenvalue weighted by Crippen LogP contribution is 2.20. The SMILES string of the molecule is Cc1ccc(O)c(CNc2cc(C#N)ccc2C)n1. The Hall–Kier alpha value is -2.54. The summed E-state index contributed by atoms with van der Waals surface area (Å²) >= 11 is 0. The van der Waals surface area contributed by atoms with Gasteiger partial charge in [-0.2, -0.15) is 5.26 Å². The zero-order valence-electron chi connectivity index (χ0n) is 10.9. The molecule has 96 valence electrons. The van der Waals surface area contributed by atoms with Crippen molar-refractivity contribution >= 4 is 5.69 Å². The first-order chi connectivity index (χ1) is 9.10. The smallest absolute Gasteiger partial charge is 0.138 e. The van der Waals surface area contributed by atoms with E-state index >= 15 is 0 Å². The maximum atomic E-state index is 9.73. The first-order valence-corrected chi connectivity index (χ1v) is 6.00. The van der Waals surface area contributed by atoms with Crippen molar-refractivity contribution in [3.05, 3.63) is 52.8 Å². The second-order valence-corrected chi connectivity index (χ2v) is 4.41. The Balaban J connectivity index is 2.19. The Morgan fingerprint density at radius 2 is 2.05 bits per heavy atom. The molecule has 0 aliphatic heterocycles. The standard InChI is InChI=1S/C15H15N3O/c1-10-3-5-12(8-16)7-13(10)17-9-14-15(19)6-4-11(2)18-14/h3-7,17,19H,9H2,1-2H3. The number of nitriles is 1. The van der Waals surface area contributed by atoms with Crippen molar-refractivity contribution in [2.75, 3.05) is 5.32 Å². The van der Waals surface area contributed by atoms with E-state index < -0.39 is 0 Å². The number of benzene rings is 1. The Labute approximate surface area is 112 Å². The number of hydrogen-bond acceptors (Lipinski definition) is 4. The molecule has 0 spiro atoms. The summed E-state index contributed by atoms with van der Waals surface area (Å²) in [5, 5.41) is 21.8. The zero-order valence-corrected chi connectivity index (χ0v) is 10.9. The normalized spacial score (nSPS) is 9.95. The van der Waals surface area contributed by atoms with Crippen LogP contribution in [0.15, 0.2) is 30.3 Å². The van der Waals surface area contributed by atoms with E-state index in [4.69, 9.17) is 5.26 Å². The van der Waals surface area contributed by atoms with Crippen molar-refractivity contribution in [1.29, 1.82) is 5.26 Å². The second-order valence-electron chi connectivity index (χ2n) is 4.41. The first kappa shape index (κ1) is 12.9. The molecule has 0 bridgehead atoms. The molecule has 0 radical (unpaired) electrons. The average molecular weight is 253 g/mol. The van der Waals surface area contributed by atoms with Crippen LogP contribution in [0.4, 0.5) is 5.69 Å². The number of aromatic hydroxyl groups is 1. The van der Waals surface area contributed by atoms with Crippen molar-refractivity contribution < 1.29 is 5.11 Å². The Kier molecular flexibility index (Phi) is 3.67. The third-order valence-electron chi connectivity index (χ3n) is 2.90. The molecule has 1 heterocycles. The first-order valence-electron chi connectivity index (χ1n) is 6.00. The van der Waals surface area contributed by atoms with Gasteiger partial charge in [-0.05, 0) is 43.7 Å². The second kappa shape index (κ2) is 5.40. The third-order valence-corrected chi connectivity index (χ3v) is 2.90. The van der Waals surface area contributed by atoms with Gasteiger partial charge in [-0.25, -0.2) is 0 Å². The van der Waals surface area contributed by atoms with Gasteiger partial charge in [0.25, 0.3) is 0 Å². The average Bonchev–Trinajstić information content (AvgIpc) is 2.41. The number of rotatable bonds is 3. The summed E-state index contributed by atoms with van der Waals surface area (Å²) in [6, 6.07) is 11.0. The van der Waals surface area contributed by atoms with Crippen LogP contribution in [0.1, 0.15) is 22.5 Å². The van der Waals surface area contributed by atoms with Crippen molar-refractivity contribution in [3.8, 4) is 11.8 Å². The number of nitrogens with one attached hydrogen (secondary N) is 1. The van der Waals surface area contributed by atoms with Gasteiger partial charge >= 0.3 is 0 Å². The highest BCUT2D eigenvalue weighted by Gasteiger charge is 2.05. The topological polar surface area (TPSA) is 68.9 Å². The molecular formula is C15H15N3O. The van der Waals surface area contributed by atoms with E-state index in [-0.39, 0.29) is 5.75 Å². The Bertz CT molecular complexity index is 644. The molecule has 19 heavy (non-hydrogen) atoms. The molecule has 0 fully saturated rings. The summed E-state index contributed by atoms with van der Waals surface area (Å²) in [7, 11) is 0. The molecular weight excluding hydrogens is 238 g/mol. The van der Waals surface area contributed by atoms with Crippen molar-refractivity contribution in [1.82, 2.24) is 4.98 Å². The number of anilines is 1. The molecule has 0 unspecified atom stereocenters. The zero-order chi connectivity index (χ0) is 13.8. The van der Waals surface area contributed by atoms with E-state index in [0.717, 1.165) is 16.9 Å². The third kappa shape index (κ3) is 3.02. The monoisotopic (exact) mass is 253 g/mol. The number of hydrogen-bond donors (Lipinski definition) is 2. The molecule has 1 aromatic heterocycles. The lowest BCUT2D eigenvalue weighted by Gasteiger charge is -2.10. The van der Waals surface area contributed by atoms with Crippen LogP contribution >= 0.6 is 0 Å². The summed E-state index contributed by atoms with van der Waals surface area (Å²) in [4.78, 5) is 4.28. The molecule has 0 aliphatic carbocycles. The van der Waals surface area contributed by atoms with Gasteiger partial charge in [-0.15, -0.1) is 0 Å². The summed E-state index contributed by atoms with van der Waals surface area (Å²) in [6.45, 7) is 4.26. The van der Waals surface area contributed by atoms with Gasteiger partial charge in [0.05, 0.1) is 18.2 Å².